The summed E-state index contributed by atoms with van der Waals surface area (Å²) in [6, 6.07) is 18.5. The van der Waals surface area contributed by atoms with Gasteiger partial charge in [0.2, 0.25) is 5.91 Å². The number of piperidine rings is 1. The summed E-state index contributed by atoms with van der Waals surface area (Å²) < 4.78 is 5.29. The summed E-state index contributed by atoms with van der Waals surface area (Å²) in [5, 5.41) is 2.88. The topological polar surface area (TPSA) is 84.7 Å². The van der Waals surface area contributed by atoms with Crippen molar-refractivity contribution >= 4 is 12.0 Å². The Balaban J connectivity index is 1.25. The molecule has 6 nitrogen and oxygen atoms in total. The molecule has 2 fully saturated rings. The molecule has 6 heteroatoms. The van der Waals surface area contributed by atoms with Gasteiger partial charge in [-0.2, -0.15) is 0 Å². The first-order chi connectivity index (χ1) is 14.6. The Morgan fingerprint density at radius 2 is 1.77 bits per heavy atom. The van der Waals surface area contributed by atoms with Crippen molar-refractivity contribution in [2.75, 3.05) is 13.1 Å². The Morgan fingerprint density at radius 1 is 1.03 bits per heavy atom. The molecule has 2 aliphatic rings. The van der Waals surface area contributed by atoms with Gasteiger partial charge in [0, 0.05) is 30.7 Å². The summed E-state index contributed by atoms with van der Waals surface area (Å²) in [4.78, 5) is 26.0. The first-order valence-electron chi connectivity index (χ1n) is 10.7. The molecule has 158 valence electrons. The lowest BCUT2D eigenvalue weighted by molar-refractivity contribution is 0.0999. The van der Waals surface area contributed by atoms with E-state index in [0.29, 0.717) is 30.1 Å². The summed E-state index contributed by atoms with van der Waals surface area (Å²) in [7, 11) is 0. The van der Waals surface area contributed by atoms with Crippen molar-refractivity contribution in [3.8, 4) is 0 Å². The average molecular weight is 408 g/mol. The van der Waals surface area contributed by atoms with E-state index in [1.807, 2.05) is 42.5 Å². The minimum atomic E-state index is -0.373. The number of primary amides is 1. The number of nitrogens with one attached hydrogen (secondary N) is 1. The molecule has 0 spiro atoms. The van der Waals surface area contributed by atoms with E-state index in [-0.39, 0.29) is 18.6 Å². The number of nitrogens with two attached hydrogens (primary N) is 1. The fraction of sp³-hybridized carbons (Fsp3) is 0.417. The standard InChI is InChI=1S/C24H29N3O3/c25-23(28)19-8-4-7-18(13-19)20-14-21-9-10-22(15-20)27(21)12-11-26-24(29)30-16-17-5-2-1-3-6-17/h1-8,13,20-22H,9-12,14-16H2,(H2,25,28)(H,26,29). The summed E-state index contributed by atoms with van der Waals surface area (Å²) >= 11 is 0. The van der Waals surface area contributed by atoms with Crippen molar-refractivity contribution in [2.24, 2.45) is 5.73 Å². The summed E-state index contributed by atoms with van der Waals surface area (Å²) in [6.07, 6.45) is 4.17. The Labute approximate surface area is 177 Å². The maximum Gasteiger partial charge on any atom is 0.407 e. The maximum absolute atomic E-state index is 12.0. The first-order valence-corrected chi connectivity index (χ1v) is 10.7. The lowest BCUT2D eigenvalue weighted by Gasteiger charge is -2.39. The SMILES string of the molecule is NC(=O)c1cccc(C2CC3CCC(C2)N3CCNC(=O)OCc2ccccc2)c1. The summed E-state index contributed by atoms with van der Waals surface area (Å²) in [5.41, 5.74) is 8.22. The van der Waals surface area contributed by atoms with Gasteiger partial charge in [0.1, 0.15) is 6.61 Å². The second kappa shape index (κ2) is 9.30. The molecule has 2 bridgehead atoms. The van der Waals surface area contributed by atoms with Gasteiger partial charge >= 0.3 is 6.09 Å². The van der Waals surface area contributed by atoms with Gasteiger partial charge in [0.05, 0.1) is 0 Å². The molecule has 0 aromatic heterocycles. The van der Waals surface area contributed by atoms with E-state index in [1.165, 1.54) is 18.4 Å². The van der Waals surface area contributed by atoms with Crippen molar-refractivity contribution in [1.29, 1.82) is 0 Å². The van der Waals surface area contributed by atoms with Gasteiger partial charge in [-0.3, -0.25) is 9.69 Å². The number of fused-ring (bicyclic) bond motifs is 2. The molecule has 2 heterocycles. The van der Waals surface area contributed by atoms with Crippen LogP contribution in [-0.4, -0.2) is 42.1 Å². The third kappa shape index (κ3) is 4.82. The molecule has 2 atom stereocenters. The van der Waals surface area contributed by atoms with E-state index < -0.39 is 0 Å². The molecule has 2 aromatic rings. The highest BCUT2D eigenvalue weighted by Crippen LogP contribution is 2.42. The van der Waals surface area contributed by atoms with Crippen LogP contribution in [0.4, 0.5) is 4.79 Å². The van der Waals surface area contributed by atoms with Crippen LogP contribution < -0.4 is 11.1 Å². The van der Waals surface area contributed by atoms with E-state index in [2.05, 4.69) is 16.3 Å². The number of rotatable bonds is 7. The van der Waals surface area contributed by atoms with Gasteiger partial charge in [0.25, 0.3) is 0 Å². The van der Waals surface area contributed by atoms with E-state index in [4.69, 9.17) is 10.5 Å². The predicted octanol–water partition coefficient (Wildman–Crippen LogP) is 3.42. The molecular formula is C24H29N3O3. The van der Waals surface area contributed by atoms with Crippen molar-refractivity contribution in [3.05, 3.63) is 71.3 Å². The van der Waals surface area contributed by atoms with Gasteiger partial charge in [-0.05, 0) is 54.9 Å². The Kier molecular flexibility index (Phi) is 6.33. The minimum absolute atomic E-state index is 0.285. The highest BCUT2D eigenvalue weighted by molar-refractivity contribution is 5.92. The van der Waals surface area contributed by atoms with Crippen molar-refractivity contribution in [1.82, 2.24) is 10.2 Å². The monoisotopic (exact) mass is 407 g/mol. The largest absolute Gasteiger partial charge is 0.445 e. The van der Waals surface area contributed by atoms with Crippen LogP contribution in [0.25, 0.3) is 0 Å². The number of alkyl carbamates (subject to hydrolysis) is 1. The number of benzene rings is 2. The number of amides is 2. The molecule has 3 N–H and O–H groups in total. The molecule has 2 aromatic carbocycles. The molecule has 2 aliphatic heterocycles. The van der Waals surface area contributed by atoms with Crippen LogP contribution in [-0.2, 0) is 11.3 Å². The third-order valence-electron chi connectivity index (χ3n) is 6.38. The van der Waals surface area contributed by atoms with Crippen LogP contribution in [0.2, 0.25) is 0 Å². The number of ether oxygens (including phenoxy) is 1. The number of carbonyl (C=O) groups is 2. The van der Waals surface area contributed by atoms with E-state index in [0.717, 1.165) is 24.9 Å². The summed E-state index contributed by atoms with van der Waals surface area (Å²) in [5.74, 6) is 0.0873. The fourth-order valence-corrected chi connectivity index (χ4v) is 4.92. The van der Waals surface area contributed by atoms with Crippen LogP contribution in [0.5, 0.6) is 0 Å². The molecule has 4 rings (SSSR count). The Morgan fingerprint density at radius 3 is 2.47 bits per heavy atom. The molecule has 2 unspecified atom stereocenters. The van der Waals surface area contributed by atoms with Gasteiger partial charge in [-0.25, -0.2) is 4.79 Å². The van der Waals surface area contributed by atoms with Crippen molar-refractivity contribution in [2.45, 2.75) is 50.3 Å². The first kappa shape index (κ1) is 20.4. The second-order valence-corrected chi connectivity index (χ2v) is 8.27. The fourth-order valence-electron chi connectivity index (χ4n) is 4.92. The number of nitrogens with zero attached hydrogens (tertiary/aromatic N) is 1. The van der Waals surface area contributed by atoms with Crippen molar-refractivity contribution in [3.63, 3.8) is 0 Å². The van der Waals surface area contributed by atoms with Crippen LogP contribution in [0.3, 0.4) is 0 Å². The number of hydrogen-bond acceptors (Lipinski definition) is 4. The van der Waals surface area contributed by atoms with E-state index >= 15 is 0 Å². The Bertz CT molecular complexity index is 872. The van der Waals surface area contributed by atoms with Crippen LogP contribution in [0.15, 0.2) is 54.6 Å². The lowest BCUT2D eigenvalue weighted by Crippen LogP contribution is -2.46. The highest BCUT2D eigenvalue weighted by Gasteiger charge is 2.40. The zero-order chi connectivity index (χ0) is 20.9. The van der Waals surface area contributed by atoms with Gasteiger partial charge in [0.15, 0.2) is 0 Å². The Hall–Kier alpha value is -2.86. The quantitative estimate of drug-likeness (QED) is 0.737. The smallest absolute Gasteiger partial charge is 0.407 e. The van der Waals surface area contributed by atoms with E-state index in [1.54, 1.807) is 6.07 Å². The lowest BCUT2D eigenvalue weighted by atomic mass is 9.84. The number of carbonyl (C=O) groups excluding carboxylic acids is 2. The van der Waals surface area contributed by atoms with Gasteiger partial charge in [-0.1, -0.05) is 42.5 Å². The third-order valence-corrected chi connectivity index (χ3v) is 6.38. The molecule has 0 saturated carbocycles. The van der Waals surface area contributed by atoms with E-state index in [9.17, 15) is 9.59 Å². The average Bonchev–Trinajstić information content (AvgIpc) is 3.00. The molecule has 0 aliphatic carbocycles. The normalized spacial score (nSPS) is 23.1. The highest BCUT2D eigenvalue weighted by atomic mass is 16.5. The zero-order valence-electron chi connectivity index (χ0n) is 17.1. The summed E-state index contributed by atoms with van der Waals surface area (Å²) in [6.45, 7) is 1.71. The van der Waals surface area contributed by atoms with Gasteiger partial charge in [-0.15, -0.1) is 0 Å². The predicted molar refractivity (Wildman–Crippen MR) is 115 cm³/mol. The van der Waals surface area contributed by atoms with Crippen LogP contribution in [0, 0.1) is 0 Å². The molecular weight excluding hydrogens is 378 g/mol. The second-order valence-electron chi connectivity index (χ2n) is 8.27. The van der Waals surface area contributed by atoms with Gasteiger partial charge < -0.3 is 15.8 Å². The minimum Gasteiger partial charge on any atom is -0.445 e. The molecule has 30 heavy (non-hydrogen) atoms. The van der Waals surface area contributed by atoms with Crippen molar-refractivity contribution < 1.29 is 14.3 Å². The maximum atomic E-state index is 12.0. The molecule has 2 amide bonds. The zero-order valence-corrected chi connectivity index (χ0v) is 17.1. The van der Waals surface area contributed by atoms with Crippen LogP contribution >= 0.6 is 0 Å². The number of hydrogen-bond donors (Lipinski definition) is 2. The van der Waals surface area contributed by atoms with Crippen LogP contribution in [0.1, 0.15) is 53.1 Å². The molecule has 0 radical (unpaired) electrons. The molecule has 2 saturated heterocycles.